The van der Waals surface area contributed by atoms with Gasteiger partial charge in [-0.15, -0.1) is 0 Å². The van der Waals surface area contributed by atoms with Gasteiger partial charge >= 0.3 is 5.97 Å². The van der Waals surface area contributed by atoms with Crippen LogP contribution in [0, 0.1) is 5.41 Å². The van der Waals surface area contributed by atoms with E-state index in [1.165, 1.54) is 12.1 Å². The fraction of sp³-hybridized carbons (Fsp3) is 0.400. The average Bonchev–Trinajstić information content (AvgIpc) is 3.14. The molecule has 0 unspecified atom stereocenters. The van der Waals surface area contributed by atoms with Crippen LogP contribution in [0.5, 0.6) is 0 Å². The fourth-order valence-corrected chi connectivity index (χ4v) is 4.30. The van der Waals surface area contributed by atoms with E-state index in [0.717, 1.165) is 6.26 Å². The van der Waals surface area contributed by atoms with Crippen LogP contribution in [0.25, 0.3) is 0 Å². The third-order valence-electron chi connectivity index (χ3n) is 3.99. The topological polar surface area (TPSA) is 97.8 Å². The molecule has 1 aromatic rings. The summed E-state index contributed by atoms with van der Waals surface area (Å²) in [5, 5.41) is 0.448. The van der Waals surface area contributed by atoms with Crippen molar-refractivity contribution < 1.29 is 27.6 Å². The standard InChI is InChI=1S/C15H15NO6S/c1-23(20,21)9-15(6-7-15)8-12(17)22-16-13(18)10-4-2-3-5-11(10)14(16)19/h2-5H,6-9H2,1H3. The number of hydrogen-bond donors (Lipinski definition) is 0. The van der Waals surface area contributed by atoms with Crippen molar-refractivity contribution in [3.63, 3.8) is 0 Å². The molecule has 7 nitrogen and oxygen atoms in total. The molecule has 1 aromatic carbocycles. The molecule has 0 spiro atoms. The molecular formula is C15H15NO6S. The van der Waals surface area contributed by atoms with Gasteiger partial charge in [0.05, 0.1) is 23.3 Å². The van der Waals surface area contributed by atoms with E-state index in [0.29, 0.717) is 17.9 Å². The molecule has 0 radical (unpaired) electrons. The summed E-state index contributed by atoms with van der Waals surface area (Å²) in [6, 6.07) is 6.19. The van der Waals surface area contributed by atoms with Crippen molar-refractivity contribution in [1.29, 1.82) is 0 Å². The largest absolute Gasteiger partial charge is 0.333 e. The minimum absolute atomic E-state index is 0.1000. The van der Waals surface area contributed by atoms with Gasteiger partial charge in [-0.05, 0) is 30.4 Å². The first-order valence-electron chi connectivity index (χ1n) is 7.07. The van der Waals surface area contributed by atoms with Crippen LogP contribution in [-0.4, -0.2) is 43.3 Å². The Balaban J connectivity index is 1.68. The Bertz CT molecular complexity index is 774. The Hall–Kier alpha value is -2.22. The highest BCUT2D eigenvalue weighted by Crippen LogP contribution is 2.50. The monoisotopic (exact) mass is 337 g/mol. The lowest BCUT2D eigenvalue weighted by molar-refractivity contribution is -0.169. The molecule has 1 heterocycles. The highest BCUT2D eigenvalue weighted by molar-refractivity contribution is 7.90. The minimum Gasteiger partial charge on any atom is -0.330 e. The number of imide groups is 1. The first kappa shape index (κ1) is 15.7. The molecule has 122 valence electrons. The van der Waals surface area contributed by atoms with E-state index in [1.807, 2.05) is 0 Å². The van der Waals surface area contributed by atoms with Gasteiger partial charge in [0.1, 0.15) is 9.84 Å². The number of fused-ring (bicyclic) bond motifs is 1. The molecule has 2 aliphatic rings. The molecule has 1 fully saturated rings. The number of rotatable bonds is 5. The molecule has 0 aromatic heterocycles. The Morgan fingerprint density at radius 3 is 2.13 bits per heavy atom. The molecule has 0 atom stereocenters. The summed E-state index contributed by atoms with van der Waals surface area (Å²) in [5.74, 6) is -2.25. The number of benzene rings is 1. The second-order valence-corrected chi connectivity index (χ2v) is 8.30. The van der Waals surface area contributed by atoms with Crippen LogP contribution < -0.4 is 0 Å². The predicted octanol–water partition coefficient (Wildman–Crippen LogP) is 0.956. The van der Waals surface area contributed by atoms with Gasteiger partial charge in [0.15, 0.2) is 0 Å². The van der Waals surface area contributed by atoms with Gasteiger partial charge in [0.25, 0.3) is 11.8 Å². The van der Waals surface area contributed by atoms with Crippen molar-refractivity contribution in [1.82, 2.24) is 5.06 Å². The zero-order valence-corrected chi connectivity index (χ0v) is 13.3. The molecule has 2 amide bonds. The summed E-state index contributed by atoms with van der Waals surface area (Å²) >= 11 is 0. The summed E-state index contributed by atoms with van der Waals surface area (Å²) < 4.78 is 22.8. The van der Waals surface area contributed by atoms with Crippen LogP contribution in [0.15, 0.2) is 24.3 Å². The van der Waals surface area contributed by atoms with E-state index >= 15 is 0 Å². The van der Waals surface area contributed by atoms with Crippen molar-refractivity contribution in [2.45, 2.75) is 19.3 Å². The SMILES string of the molecule is CS(=O)(=O)CC1(CC(=O)ON2C(=O)c3ccccc3C2=O)CC1. The molecule has 0 saturated heterocycles. The Kier molecular flexibility index (Phi) is 3.51. The van der Waals surface area contributed by atoms with Crippen LogP contribution in [0.2, 0.25) is 0 Å². The first-order valence-corrected chi connectivity index (χ1v) is 9.13. The van der Waals surface area contributed by atoms with Gasteiger partial charge in [-0.1, -0.05) is 17.2 Å². The smallest absolute Gasteiger partial charge is 0.330 e. The molecule has 23 heavy (non-hydrogen) atoms. The van der Waals surface area contributed by atoms with Crippen molar-refractivity contribution in [3.8, 4) is 0 Å². The minimum atomic E-state index is -3.21. The number of hydrogen-bond acceptors (Lipinski definition) is 6. The van der Waals surface area contributed by atoms with Crippen molar-refractivity contribution >= 4 is 27.6 Å². The number of carbonyl (C=O) groups is 3. The van der Waals surface area contributed by atoms with Gasteiger partial charge < -0.3 is 4.84 Å². The second-order valence-electron chi connectivity index (χ2n) is 6.16. The van der Waals surface area contributed by atoms with Crippen molar-refractivity contribution in [2.75, 3.05) is 12.0 Å². The zero-order valence-electron chi connectivity index (χ0n) is 12.4. The fourth-order valence-electron chi connectivity index (χ4n) is 2.80. The van der Waals surface area contributed by atoms with Crippen molar-refractivity contribution in [2.24, 2.45) is 5.41 Å². The number of carbonyl (C=O) groups excluding carboxylic acids is 3. The molecule has 0 bridgehead atoms. The summed E-state index contributed by atoms with van der Waals surface area (Å²) in [6.07, 6.45) is 2.20. The third-order valence-corrected chi connectivity index (χ3v) is 5.13. The first-order chi connectivity index (χ1) is 10.7. The normalized spacial score (nSPS) is 18.7. The van der Waals surface area contributed by atoms with Gasteiger partial charge in [-0.2, -0.15) is 0 Å². The van der Waals surface area contributed by atoms with E-state index in [2.05, 4.69) is 0 Å². The molecule has 8 heteroatoms. The number of sulfone groups is 1. The molecule has 0 N–H and O–H groups in total. The van der Waals surface area contributed by atoms with Gasteiger partial charge in [-0.25, -0.2) is 13.2 Å². The summed E-state index contributed by atoms with van der Waals surface area (Å²) in [5.41, 5.74) is -0.256. The van der Waals surface area contributed by atoms with Gasteiger partial charge in [0, 0.05) is 6.26 Å². The Morgan fingerprint density at radius 1 is 1.17 bits per heavy atom. The molecule has 1 aliphatic heterocycles. The lowest BCUT2D eigenvalue weighted by Gasteiger charge is -2.16. The van der Waals surface area contributed by atoms with Gasteiger partial charge in [0.2, 0.25) is 0 Å². The van der Waals surface area contributed by atoms with Crippen LogP contribution in [0.1, 0.15) is 40.0 Å². The van der Waals surface area contributed by atoms with E-state index in [4.69, 9.17) is 4.84 Å². The lowest BCUT2D eigenvalue weighted by Crippen LogP contribution is -2.34. The summed E-state index contributed by atoms with van der Waals surface area (Å²) in [4.78, 5) is 41.1. The molecular weight excluding hydrogens is 322 g/mol. The van der Waals surface area contributed by atoms with E-state index < -0.39 is 33.0 Å². The maximum Gasteiger partial charge on any atom is 0.333 e. The van der Waals surface area contributed by atoms with E-state index in [1.54, 1.807) is 12.1 Å². The van der Waals surface area contributed by atoms with Gasteiger partial charge in [-0.3, -0.25) is 9.59 Å². The number of hydroxylamine groups is 2. The lowest BCUT2D eigenvalue weighted by atomic mass is 10.1. The van der Waals surface area contributed by atoms with Crippen LogP contribution in [0.3, 0.4) is 0 Å². The van der Waals surface area contributed by atoms with Crippen LogP contribution in [-0.2, 0) is 19.5 Å². The molecule has 3 rings (SSSR count). The zero-order chi connectivity index (χ0) is 16.8. The highest BCUT2D eigenvalue weighted by atomic mass is 32.2. The quantitative estimate of drug-likeness (QED) is 0.742. The number of amides is 2. The predicted molar refractivity (Wildman–Crippen MR) is 79.0 cm³/mol. The third kappa shape index (κ3) is 3.12. The Labute approximate surface area is 133 Å². The molecule has 1 aliphatic carbocycles. The second kappa shape index (κ2) is 5.16. The summed E-state index contributed by atoms with van der Waals surface area (Å²) in [6.45, 7) is 0. The van der Waals surface area contributed by atoms with Crippen LogP contribution in [0.4, 0.5) is 0 Å². The van der Waals surface area contributed by atoms with E-state index in [-0.39, 0.29) is 23.3 Å². The van der Waals surface area contributed by atoms with Crippen molar-refractivity contribution in [3.05, 3.63) is 35.4 Å². The van der Waals surface area contributed by atoms with E-state index in [9.17, 15) is 22.8 Å². The number of nitrogens with zero attached hydrogens (tertiary/aromatic N) is 1. The molecule has 1 saturated carbocycles. The van der Waals surface area contributed by atoms with Crippen LogP contribution >= 0.6 is 0 Å². The summed E-state index contributed by atoms with van der Waals surface area (Å²) in [7, 11) is -3.21. The maximum absolute atomic E-state index is 12.1. The maximum atomic E-state index is 12.1. The average molecular weight is 337 g/mol. The highest BCUT2D eigenvalue weighted by Gasteiger charge is 2.48. The Morgan fingerprint density at radius 2 is 1.70 bits per heavy atom.